The maximum atomic E-state index is 13.2. The lowest BCUT2D eigenvalue weighted by Gasteiger charge is -2.34. The lowest BCUT2D eigenvalue weighted by molar-refractivity contribution is -0.123. The molecule has 1 heterocycles. The first-order chi connectivity index (χ1) is 14.0. The van der Waals surface area contributed by atoms with Gasteiger partial charge in [0.15, 0.2) is 0 Å². The van der Waals surface area contributed by atoms with Crippen molar-refractivity contribution in [1.82, 2.24) is 4.31 Å². The molecule has 5 nitrogen and oxygen atoms in total. The molecule has 0 aromatic heterocycles. The Hall–Kier alpha value is -2.18. The van der Waals surface area contributed by atoms with E-state index in [1.54, 1.807) is 4.31 Å². The van der Waals surface area contributed by atoms with Gasteiger partial charge in [-0.05, 0) is 37.0 Å². The third-order valence-electron chi connectivity index (χ3n) is 5.46. The Morgan fingerprint density at radius 2 is 1.59 bits per heavy atom. The zero-order valence-electron chi connectivity index (χ0n) is 17.0. The second-order valence-corrected chi connectivity index (χ2v) is 9.56. The van der Waals surface area contributed by atoms with Gasteiger partial charge in [0, 0.05) is 31.2 Å². The molecule has 6 heteroatoms. The molecule has 1 aliphatic rings. The Balaban J connectivity index is 1.63. The molecule has 156 valence electrons. The van der Waals surface area contributed by atoms with Crippen molar-refractivity contribution in [3.05, 3.63) is 66.2 Å². The highest BCUT2D eigenvalue weighted by Gasteiger charge is 2.33. The second kappa shape index (κ2) is 10.0. The average molecular weight is 415 g/mol. The van der Waals surface area contributed by atoms with Crippen LogP contribution in [0.4, 0.5) is 5.69 Å². The number of sulfonamides is 1. The topological polar surface area (TPSA) is 57.7 Å². The molecular weight excluding hydrogens is 384 g/mol. The van der Waals surface area contributed by atoms with E-state index in [9.17, 15) is 13.2 Å². The highest BCUT2D eigenvalue weighted by molar-refractivity contribution is 7.88. The van der Waals surface area contributed by atoms with Gasteiger partial charge >= 0.3 is 0 Å². The zero-order chi connectivity index (χ0) is 20.7. The van der Waals surface area contributed by atoms with Crippen molar-refractivity contribution < 1.29 is 13.2 Å². The van der Waals surface area contributed by atoms with Gasteiger partial charge in [-0.2, -0.15) is 0 Å². The fourth-order valence-corrected chi connectivity index (χ4v) is 5.33. The SMILES string of the molecule is CCCCN(C(=O)C1CCN(S(=O)(=O)Cc2ccccc2)CC1)c1ccccc1. The van der Waals surface area contributed by atoms with Crippen LogP contribution in [0.1, 0.15) is 38.2 Å². The number of unbranched alkanes of at least 4 members (excludes halogenated alkanes) is 1. The maximum absolute atomic E-state index is 13.2. The Kier molecular flexibility index (Phi) is 7.45. The van der Waals surface area contributed by atoms with E-state index < -0.39 is 10.0 Å². The molecule has 0 aliphatic carbocycles. The number of rotatable bonds is 8. The maximum Gasteiger partial charge on any atom is 0.230 e. The summed E-state index contributed by atoms with van der Waals surface area (Å²) in [5.74, 6) is -0.000904. The Morgan fingerprint density at radius 3 is 2.17 bits per heavy atom. The first-order valence-electron chi connectivity index (χ1n) is 10.4. The number of nitrogens with zero attached hydrogens (tertiary/aromatic N) is 2. The third kappa shape index (κ3) is 5.67. The summed E-state index contributed by atoms with van der Waals surface area (Å²) in [5, 5.41) is 0. The van der Waals surface area contributed by atoms with Gasteiger partial charge in [0.1, 0.15) is 0 Å². The second-order valence-electron chi connectivity index (χ2n) is 7.59. The van der Waals surface area contributed by atoms with E-state index in [1.165, 1.54) is 0 Å². The first kappa shape index (κ1) is 21.5. The highest BCUT2D eigenvalue weighted by Crippen LogP contribution is 2.26. The van der Waals surface area contributed by atoms with Crippen LogP contribution in [0.25, 0.3) is 0 Å². The molecule has 0 atom stereocenters. The van der Waals surface area contributed by atoms with Crippen molar-refractivity contribution in [2.45, 2.75) is 38.4 Å². The number of amides is 1. The van der Waals surface area contributed by atoms with E-state index in [4.69, 9.17) is 0 Å². The van der Waals surface area contributed by atoms with Crippen LogP contribution in [0.2, 0.25) is 0 Å². The van der Waals surface area contributed by atoms with Gasteiger partial charge in [-0.25, -0.2) is 12.7 Å². The number of hydrogen-bond donors (Lipinski definition) is 0. The summed E-state index contributed by atoms with van der Waals surface area (Å²) in [4.78, 5) is 15.1. The minimum atomic E-state index is -3.36. The molecule has 0 radical (unpaired) electrons. The summed E-state index contributed by atoms with van der Waals surface area (Å²) >= 11 is 0. The molecule has 0 saturated carbocycles. The molecule has 0 spiro atoms. The zero-order valence-corrected chi connectivity index (χ0v) is 17.9. The van der Waals surface area contributed by atoms with Crippen molar-refractivity contribution in [3.8, 4) is 0 Å². The summed E-state index contributed by atoms with van der Waals surface area (Å²) in [6.07, 6.45) is 3.11. The highest BCUT2D eigenvalue weighted by atomic mass is 32.2. The van der Waals surface area contributed by atoms with Gasteiger partial charge in [-0.1, -0.05) is 61.9 Å². The van der Waals surface area contributed by atoms with Gasteiger partial charge in [-0.3, -0.25) is 4.79 Å². The molecule has 1 saturated heterocycles. The lowest BCUT2D eigenvalue weighted by Crippen LogP contribution is -2.45. The lowest BCUT2D eigenvalue weighted by atomic mass is 9.96. The van der Waals surface area contributed by atoms with Crippen LogP contribution >= 0.6 is 0 Å². The summed E-state index contributed by atoms with van der Waals surface area (Å²) in [7, 11) is -3.36. The predicted molar refractivity (Wildman–Crippen MR) is 117 cm³/mol. The van der Waals surface area contributed by atoms with Crippen molar-refractivity contribution in [2.75, 3.05) is 24.5 Å². The fraction of sp³-hybridized carbons (Fsp3) is 0.435. The Bertz CT molecular complexity index is 877. The minimum absolute atomic E-state index is 0.0130. The van der Waals surface area contributed by atoms with E-state index in [-0.39, 0.29) is 17.6 Å². The Morgan fingerprint density at radius 1 is 1.00 bits per heavy atom. The van der Waals surface area contributed by atoms with Gasteiger partial charge in [0.25, 0.3) is 0 Å². The first-order valence-corrected chi connectivity index (χ1v) is 12.0. The smallest absolute Gasteiger partial charge is 0.230 e. The molecule has 0 unspecified atom stereocenters. The van der Waals surface area contributed by atoms with Crippen molar-refractivity contribution in [3.63, 3.8) is 0 Å². The van der Waals surface area contributed by atoms with Gasteiger partial charge < -0.3 is 4.90 Å². The fourth-order valence-electron chi connectivity index (χ4n) is 3.77. The van der Waals surface area contributed by atoms with Crippen molar-refractivity contribution in [2.24, 2.45) is 5.92 Å². The van der Waals surface area contributed by atoms with Gasteiger partial charge in [-0.15, -0.1) is 0 Å². The number of carbonyl (C=O) groups excluding carboxylic acids is 1. The van der Waals surface area contributed by atoms with Crippen LogP contribution in [-0.2, 0) is 20.6 Å². The van der Waals surface area contributed by atoms with E-state index in [2.05, 4.69) is 6.92 Å². The summed E-state index contributed by atoms with van der Waals surface area (Å²) in [6, 6.07) is 19.0. The van der Waals surface area contributed by atoms with Crippen LogP contribution in [0.15, 0.2) is 60.7 Å². The number of anilines is 1. The molecule has 2 aromatic carbocycles. The van der Waals surface area contributed by atoms with Crippen LogP contribution in [0.5, 0.6) is 0 Å². The van der Waals surface area contributed by atoms with E-state index in [1.807, 2.05) is 65.6 Å². The number of benzene rings is 2. The third-order valence-corrected chi connectivity index (χ3v) is 7.31. The largest absolute Gasteiger partial charge is 0.312 e. The van der Waals surface area contributed by atoms with Crippen molar-refractivity contribution >= 4 is 21.6 Å². The number of piperidine rings is 1. The van der Waals surface area contributed by atoms with Gasteiger partial charge in [0.2, 0.25) is 15.9 Å². The van der Waals surface area contributed by atoms with Crippen molar-refractivity contribution in [1.29, 1.82) is 0 Å². The number of hydrogen-bond acceptors (Lipinski definition) is 3. The van der Waals surface area contributed by atoms with Crippen LogP contribution < -0.4 is 4.90 Å². The van der Waals surface area contributed by atoms with Crippen LogP contribution in [-0.4, -0.2) is 38.3 Å². The number of carbonyl (C=O) groups is 1. The summed E-state index contributed by atoms with van der Waals surface area (Å²) in [6.45, 7) is 3.62. The molecule has 2 aromatic rings. The molecule has 1 aliphatic heterocycles. The van der Waals surface area contributed by atoms with E-state index in [0.717, 1.165) is 24.1 Å². The number of para-hydroxylation sites is 1. The molecule has 1 amide bonds. The molecule has 1 fully saturated rings. The van der Waals surface area contributed by atoms with Gasteiger partial charge in [0.05, 0.1) is 5.75 Å². The monoisotopic (exact) mass is 414 g/mol. The van der Waals surface area contributed by atoms with Crippen LogP contribution in [0, 0.1) is 5.92 Å². The summed E-state index contributed by atoms with van der Waals surface area (Å²) < 4.78 is 27.1. The minimum Gasteiger partial charge on any atom is -0.312 e. The normalized spacial score (nSPS) is 15.9. The molecule has 3 rings (SSSR count). The van der Waals surface area contributed by atoms with E-state index in [0.29, 0.717) is 32.5 Å². The molecule has 0 bridgehead atoms. The molecular formula is C23H30N2O3S. The quantitative estimate of drug-likeness (QED) is 0.654. The molecule has 0 N–H and O–H groups in total. The average Bonchev–Trinajstić information content (AvgIpc) is 2.75. The standard InChI is InChI=1S/C23H30N2O3S/c1-2-3-16-25(22-12-8-5-9-13-22)23(26)21-14-17-24(18-15-21)29(27,28)19-20-10-6-4-7-11-20/h4-13,21H,2-3,14-19H2,1H3. The summed E-state index contributed by atoms with van der Waals surface area (Å²) in [5.41, 5.74) is 1.71. The molecule has 29 heavy (non-hydrogen) atoms. The Labute approximate surface area is 174 Å². The van der Waals surface area contributed by atoms with Crippen LogP contribution in [0.3, 0.4) is 0 Å². The predicted octanol–water partition coefficient (Wildman–Crippen LogP) is 4.06. The van der Waals surface area contributed by atoms with E-state index >= 15 is 0 Å².